The first kappa shape index (κ1) is 11.4. The maximum Gasteiger partial charge on any atom is 0.224 e. The zero-order valence-electron chi connectivity index (χ0n) is 7.63. The molecule has 4 heteroatoms. The Morgan fingerprint density at radius 2 is 1.92 bits per heavy atom. The van der Waals surface area contributed by atoms with Gasteiger partial charge in [-0.1, -0.05) is 6.92 Å². The first-order chi connectivity index (χ1) is 5.45. The molecule has 1 atom stereocenters. The second-order valence-electron chi connectivity index (χ2n) is 3.03. The van der Waals surface area contributed by atoms with Gasteiger partial charge in [-0.3, -0.25) is 9.59 Å². The summed E-state index contributed by atoms with van der Waals surface area (Å²) >= 11 is 5.23. The van der Waals surface area contributed by atoms with Gasteiger partial charge in [0.2, 0.25) is 11.1 Å². The summed E-state index contributed by atoms with van der Waals surface area (Å²) in [5.41, 5.74) is 0. The zero-order valence-corrected chi connectivity index (χ0v) is 8.39. The molecule has 0 rings (SSSR count). The Morgan fingerprint density at radius 1 is 1.42 bits per heavy atom. The molecule has 0 aromatic rings. The van der Waals surface area contributed by atoms with E-state index in [0.717, 1.165) is 0 Å². The third-order valence-electron chi connectivity index (χ3n) is 1.68. The average molecular weight is 192 g/mol. The van der Waals surface area contributed by atoms with E-state index in [9.17, 15) is 9.59 Å². The van der Waals surface area contributed by atoms with E-state index >= 15 is 0 Å². The van der Waals surface area contributed by atoms with Gasteiger partial charge >= 0.3 is 0 Å². The Labute approximate surface area is 77.7 Å². The smallest absolute Gasteiger partial charge is 0.224 e. The van der Waals surface area contributed by atoms with Crippen molar-refractivity contribution >= 4 is 22.8 Å². The van der Waals surface area contributed by atoms with E-state index in [1.807, 2.05) is 0 Å². The maximum absolute atomic E-state index is 11.0. The second kappa shape index (κ2) is 5.14. The van der Waals surface area contributed by atoms with Crippen molar-refractivity contribution < 1.29 is 9.59 Å². The van der Waals surface area contributed by atoms with Crippen molar-refractivity contribution in [3.05, 3.63) is 0 Å². The summed E-state index contributed by atoms with van der Waals surface area (Å²) in [5, 5.41) is -0.374. The Balaban J connectivity index is 3.69. The fourth-order valence-electron chi connectivity index (χ4n) is 0.677. The van der Waals surface area contributed by atoms with Crippen LogP contribution in [0.2, 0.25) is 0 Å². The molecule has 0 aromatic carbocycles. The normalized spacial score (nSPS) is 12.3. The number of amides is 1. The summed E-state index contributed by atoms with van der Waals surface area (Å²) < 4.78 is 0. The predicted octanol–water partition coefficient (Wildman–Crippen LogP) is 1.26. The standard InChI is InChI=1S/C8H14ClNO2/c1-6(8(9)12)4-5-7(11)10(2)3/h6H,4-5H2,1-3H3. The van der Waals surface area contributed by atoms with E-state index in [1.54, 1.807) is 21.0 Å². The molecule has 0 saturated heterocycles. The Kier molecular flexibility index (Phi) is 4.90. The molecule has 0 aromatic heterocycles. The molecule has 0 aliphatic carbocycles. The van der Waals surface area contributed by atoms with Gasteiger partial charge in [0.25, 0.3) is 0 Å². The van der Waals surface area contributed by atoms with Gasteiger partial charge in [-0.15, -0.1) is 0 Å². The highest BCUT2D eigenvalue weighted by atomic mass is 35.5. The molecule has 70 valence electrons. The number of hydrogen-bond acceptors (Lipinski definition) is 2. The van der Waals surface area contributed by atoms with E-state index < -0.39 is 0 Å². The number of carbonyl (C=O) groups excluding carboxylic acids is 2. The Morgan fingerprint density at radius 3 is 2.25 bits per heavy atom. The molecule has 0 aliphatic rings. The lowest BCUT2D eigenvalue weighted by molar-refractivity contribution is -0.129. The van der Waals surface area contributed by atoms with Crippen molar-refractivity contribution in [3.8, 4) is 0 Å². The topological polar surface area (TPSA) is 37.4 Å². The first-order valence-electron chi connectivity index (χ1n) is 3.84. The van der Waals surface area contributed by atoms with Gasteiger partial charge < -0.3 is 4.90 Å². The third kappa shape index (κ3) is 4.34. The lowest BCUT2D eigenvalue weighted by Gasteiger charge is -2.11. The predicted molar refractivity (Wildman–Crippen MR) is 48.0 cm³/mol. The molecule has 0 bridgehead atoms. The number of hydrogen-bond donors (Lipinski definition) is 0. The van der Waals surface area contributed by atoms with Crippen LogP contribution in [0.1, 0.15) is 19.8 Å². The number of halogens is 1. The Hall–Kier alpha value is -0.570. The minimum absolute atomic E-state index is 0.0276. The van der Waals surface area contributed by atoms with Crippen LogP contribution in [0, 0.1) is 5.92 Å². The van der Waals surface area contributed by atoms with E-state index in [0.29, 0.717) is 12.8 Å². The Bertz CT molecular complexity index is 180. The highest BCUT2D eigenvalue weighted by Crippen LogP contribution is 2.09. The van der Waals surface area contributed by atoms with Gasteiger partial charge in [0.05, 0.1) is 0 Å². The lowest BCUT2D eigenvalue weighted by atomic mass is 10.1. The summed E-state index contributed by atoms with van der Waals surface area (Å²) in [5.74, 6) is -0.199. The minimum Gasteiger partial charge on any atom is -0.349 e. The summed E-state index contributed by atoms with van der Waals surface area (Å²) in [6.07, 6.45) is 0.909. The van der Waals surface area contributed by atoms with Crippen molar-refractivity contribution in [3.63, 3.8) is 0 Å². The second-order valence-corrected chi connectivity index (χ2v) is 3.40. The van der Waals surface area contributed by atoms with Crippen LogP contribution >= 0.6 is 11.6 Å². The van der Waals surface area contributed by atoms with Crippen LogP contribution in [0.4, 0.5) is 0 Å². The quantitative estimate of drug-likeness (QED) is 0.628. The largest absolute Gasteiger partial charge is 0.349 e. The van der Waals surface area contributed by atoms with Crippen molar-refractivity contribution in [1.82, 2.24) is 4.90 Å². The van der Waals surface area contributed by atoms with Gasteiger partial charge in [0.1, 0.15) is 0 Å². The van der Waals surface area contributed by atoms with Crippen LogP contribution < -0.4 is 0 Å². The lowest BCUT2D eigenvalue weighted by Crippen LogP contribution is -2.22. The summed E-state index contributed by atoms with van der Waals surface area (Å²) in [6.45, 7) is 1.72. The van der Waals surface area contributed by atoms with Crippen LogP contribution in [-0.4, -0.2) is 30.1 Å². The third-order valence-corrected chi connectivity index (χ3v) is 2.05. The van der Waals surface area contributed by atoms with E-state index in [1.165, 1.54) is 4.90 Å². The molecule has 0 aliphatic heterocycles. The summed E-state index contributed by atoms with van der Waals surface area (Å²) in [6, 6.07) is 0. The molecule has 0 heterocycles. The molecule has 0 spiro atoms. The van der Waals surface area contributed by atoms with Crippen molar-refractivity contribution in [2.24, 2.45) is 5.92 Å². The molecule has 1 unspecified atom stereocenters. The summed E-state index contributed by atoms with van der Waals surface area (Å²) in [4.78, 5) is 23.1. The van der Waals surface area contributed by atoms with Crippen molar-refractivity contribution in [1.29, 1.82) is 0 Å². The molecule has 0 saturated carbocycles. The van der Waals surface area contributed by atoms with Crippen molar-refractivity contribution in [2.75, 3.05) is 14.1 Å². The summed E-state index contributed by atoms with van der Waals surface area (Å²) in [7, 11) is 3.38. The molecule has 0 N–H and O–H groups in total. The van der Waals surface area contributed by atoms with E-state index in [2.05, 4.69) is 0 Å². The highest BCUT2D eigenvalue weighted by molar-refractivity contribution is 6.63. The molecule has 0 fully saturated rings. The highest BCUT2D eigenvalue weighted by Gasteiger charge is 2.12. The van der Waals surface area contributed by atoms with E-state index in [4.69, 9.17) is 11.6 Å². The molecule has 1 amide bonds. The monoisotopic (exact) mass is 191 g/mol. The van der Waals surface area contributed by atoms with Crippen LogP contribution in [0.3, 0.4) is 0 Å². The van der Waals surface area contributed by atoms with Gasteiger partial charge in [-0.2, -0.15) is 0 Å². The van der Waals surface area contributed by atoms with Crippen LogP contribution in [-0.2, 0) is 9.59 Å². The van der Waals surface area contributed by atoms with E-state index in [-0.39, 0.29) is 17.1 Å². The minimum atomic E-state index is -0.374. The van der Waals surface area contributed by atoms with Gasteiger partial charge in [0, 0.05) is 26.4 Å². The van der Waals surface area contributed by atoms with Crippen LogP contribution in [0.15, 0.2) is 0 Å². The SMILES string of the molecule is CC(CCC(=O)N(C)C)C(=O)Cl. The molecule has 3 nitrogen and oxygen atoms in total. The fourth-order valence-corrected chi connectivity index (χ4v) is 0.786. The zero-order chi connectivity index (χ0) is 9.72. The molecular weight excluding hydrogens is 178 g/mol. The molecule has 12 heavy (non-hydrogen) atoms. The molecular formula is C8H14ClNO2. The number of nitrogens with zero attached hydrogens (tertiary/aromatic N) is 1. The van der Waals surface area contributed by atoms with Gasteiger partial charge in [-0.05, 0) is 18.0 Å². The number of carbonyl (C=O) groups is 2. The average Bonchev–Trinajstić information content (AvgIpc) is 1.98. The van der Waals surface area contributed by atoms with Crippen LogP contribution in [0.25, 0.3) is 0 Å². The van der Waals surface area contributed by atoms with Gasteiger partial charge in [0.15, 0.2) is 0 Å². The van der Waals surface area contributed by atoms with Crippen LogP contribution in [0.5, 0.6) is 0 Å². The molecule has 0 radical (unpaired) electrons. The maximum atomic E-state index is 11.0. The van der Waals surface area contributed by atoms with Gasteiger partial charge in [-0.25, -0.2) is 0 Å². The van der Waals surface area contributed by atoms with Crippen molar-refractivity contribution in [2.45, 2.75) is 19.8 Å². The number of rotatable bonds is 4. The first-order valence-corrected chi connectivity index (χ1v) is 4.22. The fraction of sp³-hybridized carbons (Fsp3) is 0.750.